The molecule has 0 spiro atoms. The minimum absolute atomic E-state index is 0.266. The second-order valence-corrected chi connectivity index (χ2v) is 6.25. The minimum Gasteiger partial charge on any atom is -0.351 e. The van der Waals surface area contributed by atoms with Gasteiger partial charge in [0.2, 0.25) is 0 Å². The van der Waals surface area contributed by atoms with E-state index in [2.05, 4.69) is 42.2 Å². The molecule has 2 aliphatic heterocycles. The summed E-state index contributed by atoms with van der Waals surface area (Å²) in [7, 11) is 0. The Morgan fingerprint density at radius 3 is 2.48 bits per heavy atom. The number of hydrogen-bond acceptors (Lipinski definition) is 2. The first-order chi connectivity index (χ1) is 10.2. The number of benzene rings is 1. The van der Waals surface area contributed by atoms with Gasteiger partial charge < -0.3 is 10.6 Å². The smallest absolute Gasteiger partial charge is 0.315 e. The van der Waals surface area contributed by atoms with E-state index in [1.807, 2.05) is 4.90 Å². The zero-order chi connectivity index (χ0) is 14.8. The molecule has 1 aromatic rings. The molecule has 2 fully saturated rings. The molecule has 2 N–H and O–H groups in total. The van der Waals surface area contributed by atoms with Crippen molar-refractivity contribution >= 4 is 6.03 Å². The van der Waals surface area contributed by atoms with Gasteiger partial charge in [-0.1, -0.05) is 37.3 Å². The molecule has 4 nitrogen and oxygen atoms in total. The molecule has 2 atom stereocenters. The van der Waals surface area contributed by atoms with Gasteiger partial charge in [0, 0.05) is 12.6 Å². The molecule has 2 aliphatic rings. The molecule has 0 radical (unpaired) electrons. The normalized spacial score (nSPS) is 27.4. The maximum Gasteiger partial charge on any atom is 0.315 e. The summed E-state index contributed by atoms with van der Waals surface area (Å²) >= 11 is 0. The Morgan fingerprint density at radius 2 is 1.90 bits per heavy atom. The third-order valence-corrected chi connectivity index (χ3v) is 5.20. The number of carbonyl (C=O) groups excluding carboxylic acids is 1. The number of nitrogens with two attached hydrogens (primary N) is 1. The first-order valence-corrected chi connectivity index (χ1v) is 8.05. The fraction of sp³-hybridized carbons (Fsp3) is 0.588. The lowest BCUT2D eigenvalue weighted by Gasteiger charge is -2.53. The van der Waals surface area contributed by atoms with E-state index < -0.39 is 0 Å². The van der Waals surface area contributed by atoms with E-state index >= 15 is 0 Å². The first-order valence-electron chi connectivity index (χ1n) is 8.05. The van der Waals surface area contributed by atoms with Gasteiger partial charge in [-0.25, -0.2) is 4.79 Å². The highest BCUT2D eigenvalue weighted by molar-refractivity contribution is 5.73. The lowest BCUT2D eigenvalue weighted by Crippen LogP contribution is -2.69. The van der Waals surface area contributed by atoms with Crippen molar-refractivity contribution in [2.45, 2.75) is 44.2 Å². The van der Waals surface area contributed by atoms with Crippen molar-refractivity contribution in [3.63, 3.8) is 0 Å². The van der Waals surface area contributed by atoms with Crippen LogP contribution < -0.4 is 5.73 Å². The quantitative estimate of drug-likeness (QED) is 0.928. The number of nitrogens with zero attached hydrogens (tertiary/aromatic N) is 2. The highest BCUT2D eigenvalue weighted by atomic mass is 16.2. The van der Waals surface area contributed by atoms with Gasteiger partial charge in [-0.15, -0.1) is 0 Å². The van der Waals surface area contributed by atoms with Gasteiger partial charge in [0.15, 0.2) is 0 Å². The molecular weight excluding hydrogens is 262 g/mol. The summed E-state index contributed by atoms with van der Waals surface area (Å²) < 4.78 is 0. The van der Waals surface area contributed by atoms with Gasteiger partial charge in [0.1, 0.15) is 0 Å². The fourth-order valence-corrected chi connectivity index (χ4v) is 3.92. The summed E-state index contributed by atoms with van der Waals surface area (Å²) in [5.74, 6) is 0.690. The Labute approximate surface area is 126 Å². The molecule has 4 heteroatoms. The highest BCUT2D eigenvalue weighted by Gasteiger charge is 2.43. The maximum atomic E-state index is 11.3. The molecule has 0 saturated carbocycles. The van der Waals surface area contributed by atoms with Crippen LogP contribution in [-0.4, -0.2) is 47.5 Å². The number of rotatable bonds is 3. The Hall–Kier alpha value is -1.55. The molecular formula is C17H25N3O. The fourth-order valence-electron chi connectivity index (χ4n) is 3.92. The lowest BCUT2D eigenvalue weighted by molar-refractivity contribution is -0.0110. The summed E-state index contributed by atoms with van der Waals surface area (Å²) in [5.41, 5.74) is 6.89. The van der Waals surface area contributed by atoms with E-state index in [0.717, 1.165) is 26.1 Å². The predicted molar refractivity (Wildman–Crippen MR) is 84.1 cm³/mol. The Kier molecular flexibility index (Phi) is 4.15. The molecule has 2 unspecified atom stereocenters. The summed E-state index contributed by atoms with van der Waals surface area (Å²) in [5, 5.41) is 0. The second kappa shape index (κ2) is 6.06. The summed E-state index contributed by atoms with van der Waals surface area (Å²) in [6.07, 6.45) is 3.42. The molecule has 3 rings (SSSR count). The van der Waals surface area contributed by atoms with Crippen LogP contribution in [0.4, 0.5) is 4.79 Å². The van der Waals surface area contributed by atoms with Crippen molar-refractivity contribution < 1.29 is 4.79 Å². The second-order valence-electron chi connectivity index (χ2n) is 6.25. The van der Waals surface area contributed by atoms with Gasteiger partial charge in [-0.05, 0) is 43.8 Å². The Bertz CT molecular complexity index is 482. The average Bonchev–Trinajstić information content (AvgIpc) is 2.48. The number of likely N-dealkylation sites (tertiary alicyclic amines) is 2. The number of amides is 2. The topological polar surface area (TPSA) is 49.6 Å². The highest BCUT2D eigenvalue weighted by Crippen LogP contribution is 2.33. The van der Waals surface area contributed by atoms with E-state index in [4.69, 9.17) is 5.73 Å². The van der Waals surface area contributed by atoms with Crippen molar-refractivity contribution in [2.24, 2.45) is 5.73 Å². The van der Waals surface area contributed by atoms with Crippen LogP contribution in [-0.2, 0) is 0 Å². The summed E-state index contributed by atoms with van der Waals surface area (Å²) in [6, 6.07) is 11.4. The third kappa shape index (κ3) is 2.77. The van der Waals surface area contributed by atoms with Gasteiger partial charge in [-0.3, -0.25) is 4.90 Å². The average molecular weight is 287 g/mol. The number of urea groups is 1. The lowest BCUT2D eigenvalue weighted by atomic mass is 9.86. The number of primary amides is 1. The molecule has 114 valence electrons. The monoisotopic (exact) mass is 287 g/mol. The van der Waals surface area contributed by atoms with Gasteiger partial charge in [-0.2, -0.15) is 0 Å². The molecule has 0 bridgehead atoms. The van der Waals surface area contributed by atoms with Crippen LogP contribution in [0.1, 0.15) is 37.7 Å². The van der Waals surface area contributed by atoms with Crippen LogP contribution in [0.25, 0.3) is 0 Å². The molecule has 0 aromatic heterocycles. The standard InChI is InChI=1S/C17H25N3O/c1-2-15-16(12-20(15)17(18)21)19-10-8-14(9-11-19)13-6-4-3-5-7-13/h3-7,14-16H,2,8-12H2,1H3,(H2,18,21). The van der Waals surface area contributed by atoms with Crippen LogP contribution >= 0.6 is 0 Å². The largest absolute Gasteiger partial charge is 0.351 e. The third-order valence-electron chi connectivity index (χ3n) is 5.20. The maximum absolute atomic E-state index is 11.3. The number of hydrogen-bond donors (Lipinski definition) is 1. The van der Waals surface area contributed by atoms with Gasteiger partial charge in [0.25, 0.3) is 0 Å². The zero-order valence-corrected chi connectivity index (χ0v) is 12.7. The molecule has 21 heavy (non-hydrogen) atoms. The van der Waals surface area contributed by atoms with Crippen LogP contribution in [0.15, 0.2) is 30.3 Å². The Balaban J connectivity index is 1.56. The molecule has 2 heterocycles. The van der Waals surface area contributed by atoms with Crippen molar-refractivity contribution in [3.05, 3.63) is 35.9 Å². The minimum atomic E-state index is -0.266. The van der Waals surface area contributed by atoms with Crippen LogP contribution in [0.3, 0.4) is 0 Å². The van der Waals surface area contributed by atoms with E-state index in [9.17, 15) is 4.79 Å². The van der Waals surface area contributed by atoms with E-state index in [1.54, 1.807) is 0 Å². The van der Waals surface area contributed by atoms with Crippen LogP contribution in [0.2, 0.25) is 0 Å². The van der Waals surface area contributed by atoms with E-state index in [1.165, 1.54) is 18.4 Å². The van der Waals surface area contributed by atoms with E-state index in [-0.39, 0.29) is 6.03 Å². The predicted octanol–water partition coefficient (Wildman–Crippen LogP) is 2.41. The molecule has 0 aliphatic carbocycles. The first kappa shape index (κ1) is 14.4. The molecule has 2 saturated heterocycles. The summed E-state index contributed by atoms with van der Waals surface area (Å²) in [6.45, 7) is 5.22. The van der Waals surface area contributed by atoms with Crippen LogP contribution in [0.5, 0.6) is 0 Å². The van der Waals surface area contributed by atoms with Crippen LogP contribution in [0, 0.1) is 0 Å². The Morgan fingerprint density at radius 1 is 1.24 bits per heavy atom. The van der Waals surface area contributed by atoms with Crippen molar-refractivity contribution in [1.82, 2.24) is 9.80 Å². The number of piperidine rings is 1. The molecule has 1 aromatic carbocycles. The molecule has 2 amide bonds. The van der Waals surface area contributed by atoms with Gasteiger partial charge >= 0.3 is 6.03 Å². The summed E-state index contributed by atoms with van der Waals surface area (Å²) in [4.78, 5) is 15.7. The van der Waals surface area contributed by atoms with Gasteiger partial charge in [0.05, 0.1) is 6.04 Å². The zero-order valence-electron chi connectivity index (χ0n) is 12.7. The van der Waals surface area contributed by atoms with E-state index in [0.29, 0.717) is 18.0 Å². The SMILES string of the molecule is CCC1C(N2CCC(c3ccccc3)CC2)CN1C(N)=O. The van der Waals surface area contributed by atoms with Crippen molar-refractivity contribution in [2.75, 3.05) is 19.6 Å². The van der Waals surface area contributed by atoms with Crippen molar-refractivity contribution in [3.8, 4) is 0 Å². The van der Waals surface area contributed by atoms with Crippen molar-refractivity contribution in [1.29, 1.82) is 0 Å². The number of carbonyl (C=O) groups is 1.